The minimum absolute atomic E-state index is 0.0238. The van der Waals surface area contributed by atoms with Crippen LogP contribution in [0, 0.1) is 0 Å². The zero-order chi connectivity index (χ0) is 58.5. The molecular formula is C75H147NO5. The molecule has 0 saturated carbocycles. The first kappa shape index (κ1) is 79.6. The Kier molecular flexibility index (Phi) is 69.9. The molecule has 0 aliphatic heterocycles. The van der Waals surface area contributed by atoms with Crippen LogP contribution >= 0.6 is 0 Å². The van der Waals surface area contributed by atoms with Gasteiger partial charge in [-0.2, -0.15) is 0 Å². The van der Waals surface area contributed by atoms with E-state index in [1.807, 2.05) is 6.08 Å². The molecule has 482 valence electrons. The van der Waals surface area contributed by atoms with Crippen molar-refractivity contribution < 1.29 is 24.5 Å². The highest BCUT2D eigenvalue weighted by Crippen LogP contribution is 2.20. The monoisotopic (exact) mass is 1140 g/mol. The Bertz CT molecular complexity index is 1220. The van der Waals surface area contributed by atoms with Crippen LogP contribution in [0.1, 0.15) is 431 Å². The molecule has 0 bridgehead atoms. The Morgan fingerprint density at radius 1 is 0.333 bits per heavy atom. The molecule has 0 aliphatic carbocycles. The van der Waals surface area contributed by atoms with Crippen LogP contribution in [0.25, 0.3) is 0 Å². The fourth-order valence-corrected chi connectivity index (χ4v) is 12.1. The van der Waals surface area contributed by atoms with Gasteiger partial charge in [-0.25, -0.2) is 0 Å². The summed E-state index contributed by atoms with van der Waals surface area (Å²) in [4.78, 5) is 24.6. The molecule has 6 nitrogen and oxygen atoms in total. The van der Waals surface area contributed by atoms with Gasteiger partial charge in [0.2, 0.25) is 5.91 Å². The van der Waals surface area contributed by atoms with Crippen LogP contribution in [-0.2, 0) is 14.3 Å². The molecule has 2 atom stereocenters. The van der Waals surface area contributed by atoms with E-state index in [1.54, 1.807) is 6.08 Å². The normalized spacial score (nSPS) is 12.5. The van der Waals surface area contributed by atoms with Crippen molar-refractivity contribution in [3.05, 3.63) is 12.2 Å². The molecule has 0 aromatic carbocycles. The summed E-state index contributed by atoms with van der Waals surface area (Å²) in [5, 5.41) is 23.2. The molecule has 81 heavy (non-hydrogen) atoms. The minimum Gasteiger partial charge on any atom is -0.466 e. The van der Waals surface area contributed by atoms with Crippen molar-refractivity contribution in [2.45, 2.75) is 443 Å². The van der Waals surface area contributed by atoms with Gasteiger partial charge in [-0.05, 0) is 32.1 Å². The number of unbranched alkanes of at least 4 members (excludes halogenated alkanes) is 60. The summed E-state index contributed by atoms with van der Waals surface area (Å²) in [5.74, 6) is -0.0362. The maximum Gasteiger partial charge on any atom is 0.305 e. The highest BCUT2D eigenvalue weighted by molar-refractivity contribution is 5.76. The van der Waals surface area contributed by atoms with E-state index in [-0.39, 0.29) is 18.5 Å². The van der Waals surface area contributed by atoms with Crippen molar-refractivity contribution >= 4 is 11.9 Å². The number of rotatable bonds is 71. The maximum atomic E-state index is 12.5. The van der Waals surface area contributed by atoms with E-state index in [2.05, 4.69) is 19.2 Å². The van der Waals surface area contributed by atoms with Crippen LogP contribution in [0.15, 0.2) is 12.2 Å². The molecule has 6 heteroatoms. The van der Waals surface area contributed by atoms with Crippen LogP contribution in [-0.4, -0.2) is 47.4 Å². The zero-order valence-electron chi connectivity index (χ0n) is 55.3. The standard InChI is InChI=1S/C75H147NO5/c1-3-5-7-9-11-13-15-17-19-21-33-36-39-43-47-51-55-59-63-67-73(78)72(71-77)76-74(79)68-64-60-56-52-48-44-40-37-34-31-29-27-25-23-22-24-26-28-30-32-35-38-42-46-50-54-58-62-66-70-81-75(80)69-65-61-57-53-49-45-41-20-18-16-14-12-10-8-6-4-2/h63,67,72-73,77-78H,3-62,64-66,68-71H2,1-2H3,(H,76,79)/b67-63+. The van der Waals surface area contributed by atoms with Gasteiger partial charge in [0.25, 0.3) is 0 Å². The number of carbonyl (C=O) groups excluding carboxylic acids is 2. The summed E-state index contributed by atoms with van der Waals surface area (Å²) in [6.45, 7) is 4.96. The summed E-state index contributed by atoms with van der Waals surface area (Å²) in [6.07, 6.45) is 88.8. The number of ether oxygens (including phenoxy) is 1. The van der Waals surface area contributed by atoms with E-state index in [9.17, 15) is 19.8 Å². The average Bonchev–Trinajstić information content (AvgIpc) is 3.47. The Labute approximate surface area is 508 Å². The van der Waals surface area contributed by atoms with Gasteiger partial charge < -0.3 is 20.3 Å². The number of hydrogen-bond donors (Lipinski definition) is 3. The van der Waals surface area contributed by atoms with E-state index >= 15 is 0 Å². The Morgan fingerprint density at radius 2 is 0.568 bits per heavy atom. The van der Waals surface area contributed by atoms with Gasteiger partial charge >= 0.3 is 5.97 Å². The van der Waals surface area contributed by atoms with Crippen molar-refractivity contribution in [2.24, 2.45) is 0 Å². The van der Waals surface area contributed by atoms with E-state index in [0.29, 0.717) is 19.4 Å². The fourth-order valence-electron chi connectivity index (χ4n) is 12.1. The lowest BCUT2D eigenvalue weighted by atomic mass is 10.0. The third-order valence-electron chi connectivity index (χ3n) is 17.8. The molecule has 0 heterocycles. The number of amides is 1. The number of allylic oxidation sites excluding steroid dienone is 1. The third-order valence-corrected chi connectivity index (χ3v) is 17.8. The summed E-state index contributed by atoms with van der Waals surface area (Å²) in [5.41, 5.74) is 0. The van der Waals surface area contributed by atoms with Crippen molar-refractivity contribution in [1.29, 1.82) is 0 Å². The lowest BCUT2D eigenvalue weighted by Crippen LogP contribution is -2.45. The van der Waals surface area contributed by atoms with E-state index in [0.717, 1.165) is 38.5 Å². The van der Waals surface area contributed by atoms with Crippen LogP contribution in [0.2, 0.25) is 0 Å². The summed E-state index contributed by atoms with van der Waals surface area (Å²) in [6, 6.07) is -0.625. The molecule has 2 unspecified atom stereocenters. The SMILES string of the molecule is CCCCCCCCCCCCCCCCCCC/C=C/C(O)C(CO)NC(=O)CCCCCCCCCCCCCCCCCCCCCCCCCCCCCCCOC(=O)CCCCCCCCCCCCCCCCCC. The van der Waals surface area contributed by atoms with Crippen LogP contribution in [0.3, 0.4) is 0 Å². The number of aliphatic hydroxyl groups excluding tert-OH is 2. The van der Waals surface area contributed by atoms with Crippen LogP contribution in [0.4, 0.5) is 0 Å². The maximum absolute atomic E-state index is 12.5. The van der Waals surface area contributed by atoms with E-state index in [1.165, 1.54) is 366 Å². The second kappa shape index (κ2) is 71.1. The minimum atomic E-state index is -0.842. The predicted octanol–water partition coefficient (Wildman–Crippen LogP) is 24.3. The predicted molar refractivity (Wildman–Crippen MR) is 357 cm³/mol. The lowest BCUT2D eigenvalue weighted by Gasteiger charge is -2.20. The number of carbonyl (C=O) groups is 2. The van der Waals surface area contributed by atoms with Gasteiger partial charge in [0.05, 0.1) is 25.4 Å². The molecule has 0 aliphatic rings. The highest BCUT2D eigenvalue weighted by atomic mass is 16.5. The van der Waals surface area contributed by atoms with Crippen LogP contribution in [0.5, 0.6) is 0 Å². The quantitative estimate of drug-likeness (QED) is 0.0320. The summed E-state index contributed by atoms with van der Waals surface area (Å²) in [7, 11) is 0. The van der Waals surface area contributed by atoms with Crippen molar-refractivity contribution in [3.8, 4) is 0 Å². The first-order valence-electron chi connectivity index (χ1n) is 37.5. The van der Waals surface area contributed by atoms with Gasteiger partial charge in [0.1, 0.15) is 0 Å². The second-order valence-corrected chi connectivity index (χ2v) is 26.0. The molecule has 0 spiro atoms. The lowest BCUT2D eigenvalue weighted by molar-refractivity contribution is -0.143. The van der Waals surface area contributed by atoms with Crippen molar-refractivity contribution in [1.82, 2.24) is 5.32 Å². The first-order chi connectivity index (χ1) is 40.0. The van der Waals surface area contributed by atoms with Gasteiger partial charge in [-0.1, -0.05) is 398 Å². The van der Waals surface area contributed by atoms with E-state index < -0.39 is 12.1 Å². The Hall–Kier alpha value is -1.40. The molecule has 0 radical (unpaired) electrons. The smallest absolute Gasteiger partial charge is 0.305 e. The fraction of sp³-hybridized carbons (Fsp3) is 0.947. The molecular weight excluding hydrogens is 995 g/mol. The van der Waals surface area contributed by atoms with Crippen molar-refractivity contribution in [3.63, 3.8) is 0 Å². The van der Waals surface area contributed by atoms with Crippen molar-refractivity contribution in [2.75, 3.05) is 13.2 Å². The Balaban J connectivity index is 3.34. The van der Waals surface area contributed by atoms with Gasteiger partial charge in [-0.15, -0.1) is 0 Å². The highest BCUT2D eigenvalue weighted by Gasteiger charge is 2.18. The molecule has 0 aromatic heterocycles. The third kappa shape index (κ3) is 67.6. The molecule has 0 saturated heterocycles. The van der Waals surface area contributed by atoms with Crippen LogP contribution < -0.4 is 5.32 Å². The molecule has 1 amide bonds. The number of aliphatic hydroxyl groups is 2. The molecule has 0 rings (SSSR count). The average molecular weight is 1140 g/mol. The topological polar surface area (TPSA) is 95.9 Å². The van der Waals surface area contributed by atoms with Gasteiger partial charge in [-0.3, -0.25) is 9.59 Å². The van der Waals surface area contributed by atoms with Gasteiger partial charge in [0, 0.05) is 12.8 Å². The Morgan fingerprint density at radius 3 is 0.840 bits per heavy atom. The van der Waals surface area contributed by atoms with E-state index in [4.69, 9.17) is 4.74 Å². The summed E-state index contributed by atoms with van der Waals surface area (Å²) >= 11 is 0. The van der Waals surface area contributed by atoms with Gasteiger partial charge in [0.15, 0.2) is 0 Å². The number of esters is 1. The molecule has 0 fully saturated rings. The first-order valence-corrected chi connectivity index (χ1v) is 37.5. The number of nitrogens with one attached hydrogen (secondary N) is 1. The summed E-state index contributed by atoms with van der Waals surface area (Å²) < 4.78 is 5.51. The zero-order valence-corrected chi connectivity index (χ0v) is 55.3. The molecule has 3 N–H and O–H groups in total. The largest absolute Gasteiger partial charge is 0.466 e. The second-order valence-electron chi connectivity index (χ2n) is 26.0. The molecule has 0 aromatic rings. The number of hydrogen-bond acceptors (Lipinski definition) is 5.